The van der Waals surface area contributed by atoms with Gasteiger partial charge in [0, 0.05) is 60.9 Å². The van der Waals surface area contributed by atoms with Gasteiger partial charge in [0.05, 0.1) is 30.5 Å². The van der Waals surface area contributed by atoms with Crippen molar-refractivity contribution in [2.75, 3.05) is 44.2 Å². The first-order valence-corrected chi connectivity index (χ1v) is 23.0. The van der Waals surface area contributed by atoms with Crippen LogP contribution in [0.25, 0.3) is 27.4 Å². The fourth-order valence-corrected chi connectivity index (χ4v) is 11.4. The molecule has 2 aromatic carbocycles. The molecule has 2 saturated heterocycles. The number of aromatic nitrogens is 4. The predicted molar refractivity (Wildman–Crippen MR) is 241 cm³/mol. The van der Waals surface area contributed by atoms with Crippen LogP contribution in [0.2, 0.25) is 0 Å². The standard InChI is InChI=1S/C48H55N7O5S/c1-5-23-50-46(3)21-28-53(29-22-46)38-18-25-54(26-19-38)45-51-41-14-11-35(31-40(41)43(52-45)48(32-56,60-39-12-13-39)37-9-7-6-8-10-37)36-15-20-47(4,33(2)30-36)61(58,59)55-27-17-34-16-24-49-44(57)42(34)55/h1,6-11,14-17,24,27,30-31,38-39,50,56H,12-13,18-23,25-26,28-29,32H2,2-4H3,(H,49,57). The lowest BCUT2D eigenvalue weighted by molar-refractivity contribution is -0.0672. The Morgan fingerprint density at radius 3 is 2.46 bits per heavy atom. The molecule has 2 atom stereocenters. The number of H-pyrrole nitrogens is 1. The molecule has 0 spiro atoms. The molecule has 2 aliphatic heterocycles. The third-order valence-electron chi connectivity index (χ3n) is 13.9. The van der Waals surface area contributed by atoms with Crippen LogP contribution in [0.5, 0.6) is 0 Å². The average molecular weight is 842 g/mol. The predicted octanol–water partition coefficient (Wildman–Crippen LogP) is 6.10. The second-order valence-electron chi connectivity index (χ2n) is 17.8. The van der Waals surface area contributed by atoms with E-state index in [0.29, 0.717) is 35.2 Å². The van der Waals surface area contributed by atoms with Gasteiger partial charge in [-0.2, -0.15) is 0 Å². The summed E-state index contributed by atoms with van der Waals surface area (Å²) in [5.74, 6) is 3.35. The van der Waals surface area contributed by atoms with Crippen LogP contribution in [0.1, 0.15) is 82.5 Å². The van der Waals surface area contributed by atoms with E-state index in [-0.39, 0.29) is 30.2 Å². The molecule has 1 saturated carbocycles. The third-order valence-corrected chi connectivity index (χ3v) is 16.3. The van der Waals surface area contributed by atoms with E-state index in [1.54, 1.807) is 19.1 Å². The van der Waals surface area contributed by atoms with E-state index in [1.165, 1.54) is 12.4 Å². The van der Waals surface area contributed by atoms with Crippen LogP contribution in [0.15, 0.2) is 95.6 Å². The molecule has 12 nitrogen and oxygen atoms in total. The van der Waals surface area contributed by atoms with Gasteiger partial charge in [0.2, 0.25) is 16.0 Å². The molecule has 3 fully saturated rings. The zero-order valence-corrected chi connectivity index (χ0v) is 36.0. The van der Waals surface area contributed by atoms with Gasteiger partial charge < -0.3 is 29.9 Å². The Kier molecular flexibility index (Phi) is 10.8. The smallest absolute Gasteiger partial charge is 0.273 e. The Labute approximate surface area is 357 Å². The summed E-state index contributed by atoms with van der Waals surface area (Å²) in [6.07, 6.45) is 18.5. The van der Waals surface area contributed by atoms with Gasteiger partial charge in [0.15, 0.2) is 5.60 Å². The highest BCUT2D eigenvalue weighted by molar-refractivity contribution is 7.91. The third kappa shape index (κ3) is 7.42. The molecule has 3 aromatic heterocycles. The van der Waals surface area contributed by atoms with Crippen molar-refractivity contribution in [3.8, 4) is 12.3 Å². The van der Waals surface area contributed by atoms with E-state index >= 15 is 0 Å². The number of pyridine rings is 1. The highest BCUT2D eigenvalue weighted by Gasteiger charge is 2.46. The van der Waals surface area contributed by atoms with Crippen LogP contribution in [0.4, 0.5) is 5.95 Å². The Bertz CT molecular complexity index is 2740. The van der Waals surface area contributed by atoms with Crippen LogP contribution in [0.3, 0.4) is 0 Å². The van der Waals surface area contributed by atoms with Gasteiger partial charge in [-0.1, -0.05) is 54.5 Å². The molecule has 318 valence electrons. The summed E-state index contributed by atoms with van der Waals surface area (Å²) in [7, 11) is -4.05. The molecular weight excluding hydrogens is 787 g/mol. The molecule has 5 aromatic rings. The summed E-state index contributed by atoms with van der Waals surface area (Å²) >= 11 is 0. The van der Waals surface area contributed by atoms with Crippen molar-refractivity contribution in [2.45, 2.75) is 93.7 Å². The summed E-state index contributed by atoms with van der Waals surface area (Å²) in [6, 6.07) is 19.8. The number of ether oxygens (including phenoxy) is 1. The number of hydrogen-bond donors (Lipinski definition) is 3. The highest BCUT2D eigenvalue weighted by atomic mass is 32.2. The number of allylic oxidation sites excluding steroid dienone is 3. The summed E-state index contributed by atoms with van der Waals surface area (Å²) < 4.78 is 35.5. The zero-order valence-electron chi connectivity index (χ0n) is 35.2. The fourth-order valence-electron chi connectivity index (χ4n) is 9.55. The van der Waals surface area contributed by atoms with Gasteiger partial charge in [-0.15, -0.1) is 6.42 Å². The molecule has 3 N–H and O–H groups in total. The molecule has 0 radical (unpaired) electrons. The Balaban J connectivity index is 1.06. The van der Waals surface area contributed by atoms with E-state index < -0.39 is 25.9 Å². The number of nitrogens with zero attached hydrogens (tertiary/aromatic N) is 5. The van der Waals surface area contributed by atoms with Crippen molar-refractivity contribution in [3.63, 3.8) is 0 Å². The van der Waals surface area contributed by atoms with Crippen LogP contribution in [-0.2, 0) is 20.4 Å². The lowest BCUT2D eigenvalue weighted by Gasteiger charge is -2.45. The number of fused-ring (bicyclic) bond motifs is 2. The first-order chi connectivity index (χ1) is 29.4. The lowest BCUT2D eigenvalue weighted by Crippen LogP contribution is -2.55. The minimum Gasteiger partial charge on any atom is -0.393 e. The summed E-state index contributed by atoms with van der Waals surface area (Å²) in [5, 5.41) is 16.4. The molecule has 0 bridgehead atoms. The summed E-state index contributed by atoms with van der Waals surface area (Å²) in [5.41, 5.74) is 3.02. The number of piperidine rings is 2. The number of rotatable bonds is 12. The molecule has 4 aliphatic rings. The SMILES string of the molecule is C#CCNC1(C)CCN(C2CCN(c3nc(C(CO)(OC4CC4)c4ccccc4)c4cc(C5=CCC(C)(S(=O)(=O)n6ccc7cc[nH]c(=O)c76)C(C)=C5)ccc4n3)CC2)CC1. The molecular formula is C48H55N7O5S. The fraction of sp³-hybridized carbons (Fsp3) is 0.438. The van der Waals surface area contributed by atoms with E-state index in [0.717, 1.165) is 96.3 Å². The Hall–Kier alpha value is -5.10. The Morgan fingerprint density at radius 1 is 1.02 bits per heavy atom. The largest absolute Gasteiger partial charge is 0.393 e. The van der Waals surface area contributed by atoms with Gasteiger partial charge in [-0.3, -0.25) is 4.79 Å². The minimum atomic E-state index is -4.05. The summed E-state index contributed by atoms with van der Waals surface area (Å²) in [4.78, 5) is 30.9. The second-order valence-corrected chi connectivity index (χ2v) is 20.0. The molecule has 2 unspecified atom stereocenters. The van der Waals surface area contributed by atoms with Crippen molar-refractivity contribution in [3.05, 3.63) is 118 Å². The van der Waals surface area contributed by atoms with Crippen LogP contribution >= 0.6 is 0 Å². The Morgan fingerprint density at radius 2 is 1.77 bits per heavy atom. The number of likely N-dealkylation sites (tertiary alicyclic amines) is 1. The van der Waals surface area contributed by atoms with E-state index in [2.05, 4.69) is 39.0 Å². The number of terminal acetylenes is 1. The number of hydrogen-bond acceptors (Lipinski definition) is 10. The van der Waals surface area contributed by atoms with Crippen molar-refractivity contribution in [1.82, 2.24) is 29.1 Å². The van der Waals surface area contributed by atoms with Gasteiger partial charge in [0.1, 0.15) is 10.3 Å². The lowest BCUT2D eigenvalue weighted by atomic mass is 9.85. The monoisotopic (exact) mass is 841 g/mol. The van der Waals surface area contributed by atoms with Crippen molar-refractivity contribution in [1.29, 1.82) is 0 Å². The first-order valence-electron chi connectivity index (χ1n) is 21.6. The maximum Gasteiger partial charge on any atom is 0.273 e. The topological polar surface area (TPSA) is 146 Å². The van der Waals surface area contributed by atoms with Crippen molar-refractivity contribution >= 4 is 43.4 Å². The number of nitrogens with one attached hydrogen (secondary N) is 2. The quantitative estimate of drug-likeness (QED) is 0.126. The van der Waals surface area contributed by atoms with Crippen LogP contribution < -0.4 is 15.8 Å². The van der Waals surface area contributed by atoms with E-state index in [4.69, 9.17) is 21.1 Å². The second kappa shape index (κ2) is 16.0. The zero-order chi connectivity index (χ0) is 42.6. The van der Waals surface area contributed by atoms with Gasteiger partial charge in [-0.25, -0.2) is 22.4 Å². The van der Waals surface area contributed by atoms with Crippen LogP contribution in [-0.4, -0.2) is 99.1 Å². The normalized spacial score (nSPS) is 22.4. The van der Waals surface area contributed by atoms with Gasteiger partial charge >= 0.3 is 0 Å². The molecule has 61 heavy (non-hydrogen) atoms. The highest BCUT2D eigenvalue weighted by Crippen LogP contribution is 2.44. The molecule has 9 rings (SSSR count). The molecule has 2 aliphatic carbocycles. The maximum atomic E-state index is 14.4. The number of anilines is 1. The number of aliphatic hydroxyl groups is 1. The van der Waals surface area contributed by atoms with E-state index in [9.17, 15) is 18.3 Å². The number of aliphatic hydroxyl groups excluding tert-OH is 1. The number of aromatic amines is 1. The number of benzene rings is 2. The van der Waals surface area contributed by atoms with Crippen molar-refractivity contribution in [2.24, 2.45) is 0 Å². The molecule has 13 heteroatoms. The van der Waals surface area contributed by atoms with Crippen molar-refractivity contribution < 1.29 is 18.3 Å². The maximum absolute atomic E-state index is 14.4. The van der Waals surface area contributed by atoms with Crippen LogP contribution in [0, 0.1) is 12.3 Å². The van der Waals surface area contributed by atoms with E-state index in [1.807, 2.05) is 61.5 Å². The molecule has 0 amide bonds. The first kappa shape index (κ1) is 41.3. The van der Waals surface area contributed by atoms with Gasteiger partial charge in [-0.05, 0) is 112 Å². The minimum absolute atomic E-state index is 0.00724. The van der Waals surface area contributed by atoms with Gasteiger partial charge in [0.25, 0.3) is 5.56 Å². The molecule has 5 heterocycles. The summed E-state index contributed by atoms with van der Waals surface area (Å²) in [6.45, 7) is 9.81. The average Bonchev–Trinajstić information content (AvgIpc) is 3.99.